The molecular formula is C22H17O6P. The summed E-state index contributed by atoms with van der Waals surface area (Å²) in [6.45, 7) is 0. The van der Waals surface area contributed by atoms with E-state index in [0.717, 1.165) is 0 Å². The van der Waals surface area contributed by atoms with Crippen LogP contribution in [-0.4, -0.2) is 7.11 Å². The molecule has 1 heterocycles. The van der Waals surface area contributed by atoms with E-state index in [1.807, 2.05) is 0 Å². The van der Waals surface area contributed by atoms with Crippen LogP contribution >= 0.6 is 7.60 Å². The molecule has 0 bridgehead atoms. The van der Waals surface area contributed by atoms with Crippen molar-refractivity contribution in [2.75, 3.05) is 7.11 Å². The maximum absolute atomic E-state index is 13.8. The number of hydrogen-bond donors (Lipinski definition) is 0. The van der Waals surface area contributed by atoms with Gasteiger partial charge in [-0.25, -0.2) is 9.36 Å². The van der Waals surface area contributed by atoms with Crippen LogP contribution in [0.2, 0.25) is 0 Å². The second-order valence-electron chi connectivity index (χ2n) is 6.13. The van der Waals surface area contributed by atoms with Gasteiger partial charge in [-0.1, -0.05) is 36.4 Å². The first kappa shape index (κ1) is 18.8. The van der Waals surface area contributed by atoms with Crippen molar-refractivity contribution in [3.05, 3.63) is 95.3 Å². The van der Waals surface area contributed by atoms with E-state index in [9.17, 15) is 9.36 Å². The fourth-order valence-corrected chi connectivity index (χ4v) is 4.36. The topological polar surface area (TPSA) is 75.0 Å². The van der Waals surface area contributed by atoms with Gasteiger partial charge in [-0.15, -0.1) is 0 Å². The molecule has 0 radical (unpaired) electrons. The Labute approximate surface area is 166 Å². The lowest BCUT2D eigenvalue weighted by Crippen LogP contribution is -2.28. The molecule has 146 valence electrons. The van der Waals surface area contributed by atoms with Gasteiger partial charge in [0.1, 0.15) is 22.8 Å². The Morgan fingerprint density at radius 2 is 1.34 bits per heavy atom. The summed E-state index contributed by atoms with van der Waals surface area (Å²) in [6, 6.07) is 23.5. The highest BCUT2D eigenvalue weighted by Gasteiger charge is 2.36. The maximum atomic E-state index is 13.8. The van der Waals surface area contributed by atoms with Crippen molar-refractivity contribution in [1.82, 2.24) is 0 Å². The number of fused-ring (bicyclic) bond motifs is 1. The molecular weight excluding hydrogens is 391 g/mol. The highest BCUT2D eigenvalue weighted by molar-refractivity contribution is 7.63. The summed E-state index contributed by atoms with van der Waals surface area (Å²) in [6.07, 6.45) is 0. The van der Waals surface area contributed by atoms with Gasteiger partial charge in [0.25, 0.3) is 0 Å². The summed E-state index contributed by atoms with van der Waals surface area (Å²) < 4.78 is 35.9. The molecule has 0 saturated heterocycles. The summed E-state index contributed by atoms with van der Waals surface area (Å²) in [5, 5.41) is 0.332. The molecule has 0 fully saturated rings. The Kier molecular flexibility index (Phi) is 5.10. The van der Waals surface area contributed by atoms with Crippen LogP contribution in [0.4, 0.5) is 0 Å². The number of benzene rings is 3. The van der Waals surface area contributed by atoms with E-state index in [1.54, 1.807) is 78.9 Å². The predicted molar refractivity (Wildman–Crippen MR) is 110 cm³/mol. The summed E-state index contributed by atoms with van der Waals surface area (Å²) >= 11 is 0. The fraction of sp³-hybridized carbons (Fsp3) is 0.0455. The summed E-state index contributed by atoms with van der Waals surface area (Å²) in [5.41, 5.74) is -0.455. The highest BCUT2D eigenvalue weighted by atomic mass is 31.2. The third kappa shape index (κ3) is 4.03. The van der Waals surface area contributed by atoms with Crippen molar-refractivity contribution < 1.29 is 22.8 Å². The quantitative estimate of drug-likeness (QED) is 0.338. The largest absolute Gasteiger partial charge is 0.497 e. The zero-order valence-corrected chi connectivity index (χ0v) is 16.4. The molecule has 7 heteroatoms. The van der Waals surface area contributed by atoms with Crippen molar-refractivity contribution in [3.8, 4) is 17.2 Å². The van der Waals surface area contributed by atoms with Crippen molar-refractivity contribution in [3.63, 3.8) is 0 Å². The van der Waals surface area contributed by atoms with E-state index in [4.69, 9.17) is 18.2 Å². The number of para-hydroxylation sites is 2. The van der Waals surface area contributed by atoms with Crippen LogP contribution in [0.25, 0.3) is 11.0 Å². The van der Waals surface area contributed by atoms with Crippen LogP contribution in [0.1, 0.15) is 0 Å². The van der Waals surface area contributed by atoms with Gasteiger partial charge < -0.3 is 18.2 Å². The molecule has 1 aromatic heterocycles. The van der Waals surface area contributed by atoms with Gasteiger partial charge in [0.2, 0.25) is 0 Å². The van der Waals surface area contributed by atoms with Crippen molar-refractivity contribution >= 4 is 23.9 Å². The van der Waals surface area contributed by atoms with Crippen LogP contribution in [-0.2, 0) is 4.57 Å². The monoisotopic (exact) mass is 408 g/mol. The minimum Gasteiger partial charge on any atom is -0.497 e. The molecule has 0 aliphatic heterocycles. The number of rotatable bonds is 6. The lowest BCUT2D eigenvalue weighted by atomic mass is 10.2. The van der Waals surface area contributed by atoms with Crippen LogP contribution in [0.15, 0.2) is 94.1 Å². The van der Waals surface area contributed by atoms with Crippen LogP contribution in [0.5, 0.6) is 17.2 Å². The molecule has 4 rings (SSSR count). The Morgan fingerprint density at radius 1 is 0.759 bits per heavy atom. The van der Waals surface area contributed by atoms with E-state index in [0.29, 0.717) is 28.2 Å². The van der Waals surface area contributed by atoms with Crippen molar-refractivity contribution in [2.45, 2.75) is 0 Å². The maximum Gasteiger partial charge on any atom is 0.470 e. The SMILES string of the molecule is COc1ccc2oc(=O)c(P(=O)(Oc3ccccc3)Oc3ccccc3)cc2c1. The van der Waals surface area contributed by atoms with E-state index in [-0.39, 0.29) is 5.30 Å². The Bertz CT molecular complexity index is 1190. The van der Waals surface area contributed by atoms with Gasteiger partial charge in [-0.3, -0.25) is 0 Å². The molecule has 6 nitrogen and oxygen atoms in total. The van der Waals surface area contributed by atoms with Gasteiger partial charge in [-0.05, 0) is 48.5 Å². The molecule has 0 aliphatic carbocycles. The molecule has 0 atom stereocenters. The fourth-order valence-electron chi connectivity index (χ4n) is 2.77. The summed E-state index contributed by atoms with van der Waals surface area (Å²) in [4.78, 5) is 12.7. The number of ether oxygens (including phenoxy) is 1. The van der Waals surface area contributed by atoms with Gasteiger partial charge in [0, 0.05) is 5.39 Å². The lowest BCUT2D eigenvalue weighted by Gasteiger charge is -2.19. The Morgan fingerprint density at radius 3 is 1.90 bits per heavy atom. The van der Waals surface area contributed by atoms with Gasteiger partial charge in [0.05, 0.1) is 7.11 Å². The van der Waals surface area contributed by atoms with Gasteiger partial charge in [0.15, 0.2) is 5.30 Å². The molecule has 0 N–H and O–H groups in total. The summed E-state index contributed by atoms with van der Waals surface area (Å²) in [7, 11) is -2.60. The first-order valence-electron chi connectivity index (χ1n) is 8.79. The van der Waals surface area contributed by atoms with Crippen LogP contribution in [0, 0.1) is 0 Å². The minimum atomic E-state index is -4.13. The predicted octanol–water partition coefficient (Wildman–Crippen LogP) is 4.78. The average Bonchev–Trinajstić information content (AvgIpc) is 2.74. The smallest absolute Gasteiger partial charge is 0.470 e. The first-order valence-corrected chi connectivity index (χ1v) is 10.3. The van der Waals surface area contributed by atoms with Crippen LogP contribution < -0.4 is 24.7 Å². The number of hydrogen-bond acceptors (Lipinski definition) is 6. The van der Waals surface area contributed by atoms with Crippen LogP contribution in [0.3, 0.4) is 0 Å². The molecule has 0 spiro atoms. The molecule has 29 heavy (non-hydrogen) atoms. The average molecular weight is 408 g/mol. The first-order chi connectivity index (χ1) is 14.1. The van der Waals surface area contributed by atoms with Crippen molar-refractivity contribution in [1.29, 1.82) is 0 Å². The van der Waals surface area contributed by atoms with E-state index >= 15 is 0 Å². The molecule has 0 unspecified atom stereocenters. The molecule has 0 saturated carbocycles. The second kappa shape index (κ2) is 7.86. The zero-order valence-electron chi connectivity index (χ0n) is 15.5. The lowest BCUT2D eigenvalue weighted by molar-refractivity contribution is 0.397. The van der Waals surface area contributed by atoms with Crippen molar-refractivity contribution in [2.24, 2.45) is 0 Å². The Balaban J connectivity index is 1.86. The zero-order chi connectivity index (χ0) is 20.3. The minimum absolute atomic E-state index is 0.203. The molecule has 0 aliphatic rings. The standard InChI is InChI=1S/C22H17O6P/c1-25-19-12-13-20-16(14-19)15-21(22(23)26-20)29(24,27-17-8-4-2-5-9-17)28-18-10-6-3-7-11-18/h2-15H,1H3. The third-order valence-corrected chi connectivity index (χ3v) is 5.96. The number of methoxy groups -OCH3 is 1. The molecule has 3 aromatic carbocycles. The molecule has 0 amide bonds. The van der Waals surface area contributed by atoms with E-state index in [2.05, 4.69) is 0 Å². The third-order valence-electron chi connectivity index (χ3n) is 4.15. The van der Waals surface area contributed by atoms with Gasteiger partial charge >= 0.3 is 13.2 Å². The normalized spacial score (nSPS) is 11.2. The van der Waals surface area contributed by atoms with E-state index in [1.165, 1.54) is 13.2 Å². The second-order valence-corrected chi connectivity index (χ2v) is 7.97. The molecule has 4 aromatic rings. The summed E-state index contributed by atoms with van der Waals surface area (Å²) in [5.74, 6) is 1.17. The van der Waals surface area contributed by atoms with E-state index < -0.39 is 13.2 Å². The van der Waals surface area contributed by atoms with Gasteiger partial charge in [-0.2, -0.15) is 0 Å². The highest BCUT2D eigenvalue weighted by Crippen LogP contribution is 2.47. The Hall–Kier alpha value is -3.50.